The second-order valence-corrected chi connectivity index (χ2v) is 4.29. The minimum atomic E-state index is -0.420. The first-order chi connectivity index (χ1) is 8.08. The zero-order chi connectivity index (χ0) is 12.4. The molecule has 0 spiro atoms. The number of piperazine rings is 1. The molecule has 5 nitrogen and oxygen atoms in total. The van der Waals surface area contributed by atoms with Crippen LogP contribution in [0.2, 0.25) is 0 Å². The van der Waals surface area contributed by atoms with Crippen LogP contribution in [0.25, 0.3) is 0 Å². The van der Waals surface area contributed by atoms with Gasteiger partial charge in [0.25, 0.3) is 0 Å². The molecule has 0 aliphatic carbocycles. The molecule has 1 fully saturated rings. The van der Waals surface area contributed by atoms with E-state index in [2.05, 4.69) is 10.3 Å². The third-order valence-corrected chi connectivity index (χ3v) is 2.87. The molecule has 5 heteroatoms. The lowest BCUT2D eigenvalue weighted by Gasteiger charge is -2.32. The summed E-state index contributed by atoms with van der Waals surface area (Å²) in [5, 5.41) is 2.56. The Balaban J connectivity index is 2.16. The molecule has 1 saturated heterocycles. The Morgan fingerprint density at radius 3 is 2.94 bits per heavy atom. The summed E-state index contributed by atoms with van der Waals surface area (Å²) >= 11 is 0. The standard InChI is InChI=1S/C12H15N3O2/c1-8-3-10(5-13-4-8)7-15-9(2)12(17)14-6-11(15)16/h3-5,9H,6-7H2,1-2H3,(H,14,17). The van der Waals surface area contributed by atoms with Crippen LogP contribution in [0.3, 0.4) is 0 Å². The van der Waals surface area contributed by atoms with E-state index in [4.69, 9.17) is 0 Å². The quantitative estimate of drug-likeness (QED) is 0.795. The van der Waals surface area contributed by atoms with E-state index in [1.807, 2.05) is 13.0 Å². The van der Waals surface area contributed by atoms with Gasteiger partial charge in [-0.3, -0.25) is 14.6 Å². The highest BCUT2D eigenvalue weighted by Gasteiger charge is 2.30. The third-order valence-electron chi connectivity index (χ3n) is 2.87. The second kappa shape index (κ2) is 4.53. The summed E-state index contributed by atoms with van der Waals surface area (Å²) in [5.74, 6) is -0.163. The van der Waals surface area contributed by atoms with Crippen LogP contribution < -0.4 is 5.32 Å². The van der Waals surface area contributed by atoms with Crippen molar-refractivity contribution >= 4 is 11.8 Å². The van der Waals surface area contributed by atoms with Crippen molar-refractivity contribution in [3.8, 4) is 0 Å². The summed E-state index contributed by atoms with van der Waals surface area (Å²) in [4.78, 5) is 28.9. The first kappa shape index (κ1) is 11.6. The number of rotatable bonds is 2. The third kappa shape index (κ3) is 2.43. The minimum absolute atomic E-state index is 0.0568. The fraction of sp³-hybridized carbons (Fsp3) is 0.417. The molecule has 1 N–H and O–H groups in total. The Morgan fingerprint density at radius 2 is 2.24 bits per heavy atom. The largest absolute Gasteiger partial charge is 0.345 e. The van der Waals surface area contributed by atoms with Gasteiger partial charge < -0.3 is 10.2 Å². The Hall–Kier alpha value is -1.91. The maximum atomic E-state index is 11.7. The van der Waals surface area contributed by atoms with Gasteiger partial charge in [-0.15, -0.1) is 0 Å². The summed E-state index contributed by atoms with van der Waals surface area (Å²) in [6.45, 7) is 4.20. The van der Waals surface area contributed by atoms with Gasteiger partial charge in [0.1, 0.15) is 6.04 Å². The van der Waals surface area contributed by atoms with Crippen LogP contribution in [0, 0.1) is 6.92 Å². The maximum Gasteiger partial charge on any atom is 0.242 e. The van der Waals surface area contributed by atoms with Crippen LogP contribution in [0.5, 0.6) is 0 Å². The van der Waals surface area contributed by atoms with Gasteiger partial charge in [-0.05, 0) is 25.0 Å². The molecule has 0 saturated carbocycles. The molecule has 0 aromatic carbocycles. The minimum Gasteiger partial charge on any atom is -0.345 e. The summed E-state index contributed by atoms with van der Waals surface area (Å²) in [6.07, 6.45) is 3.48. The molecule has 0 radical (unpaired) electrons. The molecule has 2 amide bonds. The van der Waals surface area contributed by atoms with Gasteiger partial charge in [-0.25, -0.2) is 0 Å². The molecule has 1 aliphatic heterocycles. The van der Waals surface area contributed by atoms with E-state index in [1.54, 1.807) is 24.2 Å². The topological polar surface area (TPSA) is 62.3 Å². The molecular weight excluding hydrogens is 218 g/mol. The zero-order valence-electron chi connectivity index (χ0n) is 9.93. The van der Waals surface area contributed by atoms with E-state index in [-0.39, 0.29) is 18.4 Å². The molecule has 2 rings (SSSR count). The number of nitrogens with zero attached hydrogens (tertiary/aromatic N) is 2. The Bertz CT molecular complexity index is 459. The van der Waals surface area contributed by atoms with Gasteiger partial charge >= 0.3 is 0 Å². The molecule has 1 aromatic heterocycles. The molecule has 1 aliphatic rings. The van der Waals surface area contributed by atoms with E-state index in [0.29, 0.717) is 6.54 Å². The number of nitrogens with one attached hydrogen (secondary N) is 1. The van der Waals surface area contributed by atoms with Gasteiger partial charge in [0, 0.05) is 18.9 Å². The first-order valence-electron chi connectivity index (χ1n) is 5.55. The van der Waals surface area contributed by atoms with Gasteiger partial charge in [0.05, 0.1) is 6.54 Å². The van der Waals surface area contributed by atoms with Crippen molar-refractivity contribution in [2.45, 2.75) is 26.4 Å². The van der Waals surface area contributed by atoms with E-state index in [9.17, 15) is 9.59 Å². The van der Waals surface area contributed by atoms with Crippen molar-refractivity contribution in [2.75, 3.05) is 6.54 Å². The summed E-state index contributed by atoms with van der Waals surface area (Å²) in [5.41, 5.74) is 1.99. The smallest absolute Gasteiger partial charge is 0.242 e. The Labute approximate surface area is 99.8 Å². The number of carbonyl (C=O) groups excluding carboxylic acids is 2. The van der Waals surface area contributed by atoms with Crippen LogP contribution in [0.15, 0.2) is 18.5 Å². The SMILES string of the molecule is Cc1cncc(CN2C(=O)CNC(=O)C2C)c1. The van der Waals surface area contributed by atoms with Crippen molar-refractivity contribution in [1.82, 2.24) is 15.2 Å². The predicted molar refractivity (Wildman–Crippen MR) is 62.0 cm³/mol. The van der Waals surface area contributed by atoms with E-state index in [1.165, 1.54) is 0 Å². The van der Waals surface area contributed by atoms with Crippen LogP contribution >= 0.6 is 0 Å². The number of aryl methyl sites for hydroxylation is 1. The van der Waals surface area contributed by atoms with Crippen molar-refractivity contribution in [1.29, 1.82) is 0 Å². The highest BCUT2D eigenvalue weighted by Crippen LogP contribution is 2.11. The highest BCUT2D eigenvalue weighted by atomic mass is 16.2. The second-order valence-electron chi connectivity index (χ2n) is 4.29. The summed E-state index contributed by atoms with van der Waals surface area (Å²) in [7, 11) is 0. The lowest BCUT2D eigenvalue weighted by Crippen LogP contribution is -2.56. The molecule has 1 aromatic rings. The number of amides is 2. The number of hydrogen-bond donors (Lipinski definition) is 1. The normalized spacial score (nSPS) is 20.4. The van der Waals surface area contributed by atoms with E-state index < -0.39 is 6.04 Å². The van der Waals surface area contributed by atoms with Crippen LogP contribution in [-0.2, 0) is 16.1 Å². The van der Waals surface area contributed by atoms with Gasteiger partial charge in [-0.2, -0.15) is 0 Å². The zero-order valence-corrected chi connectivity index (χ0v) is 9.93. The number of pyridine rings is 1. The van der Waals surface area contributed by atoms with E-state index in [0.717, 1.165) is 11.1 Å². The molecule has 2 heterocycles. The van der Waals surface area contributed by atoms with Gasteiger partial charge in [-0.1, -0.05) is 6.07 Å². The monoisotopic (exact) mass is 233 g/mol. The van der Waals surface area contributed by atoms with E-state index >= 15 is 0 Å². The van der Waals surface area contributed by atoms with Crippen molar-refractivity contribution in [3.63, 3.8) is 0 Å². The van der Waals surface area contributed by atoms with Gasteiger partial charge in [0.2, 0.25) is 11.8 Å². The van der Waals surface area contributed by atoms with Crippen molar-refractivity contribution in [3.05, 3.63) is 29.6 Å². The molecule has 0 bridgehead atoms. The lowest BCUT2D eigenvalue weighted by atomic mass is 10.1. The average molecular weight is 233 g/mol. The summed E-state index contributed by atoms with van der Waals surface area (Å²) < 4.78 is 0. The number of aromatic nitrogens is 1. The fourth-order valence-corrected chi connectivity index (χ4v) is 1.90. The first-order valence-corrected chi connectivity index (χ1v) is 5.55. The summed E-state index contributed by atoms with van der Waals surface area (Å²) in [6, 6.07) is 1.55. The fourth-order valence-electron chi connectivity index (χ4n) is 1.90. The predicted octanol–water partition coefficient (Wildman–Crippen LogP) is 0.237. The molecule has 17 heavy (non-hydrogen) atoms. The molecule has 90 valence electrons. The Kier molecular flexibility index (Phi) is 3.08. The van der Waals surface area contributed by atoms with Gasteiger partial charge in [0.15, 0.2) is 0 Å². The molecular formula is C12H15N3O2. The number of hydrogen-bond acceptors (Lipinski definition) is 3. The Morgan fingerprint density at radius 1 is 1.47 bits per heavy atom. The lowest BCUT2D eigenvalue weighted by molar-refractivity contribution is -0.145. The van der Waals surface area contributed by atoms with Crippen LogP contribution in [0.4, 0.5) is 0 Å². The average Bonchev–Trinajstić information content (AvgIpc) is 2.30. The molecule has 1 unspecified atom stereocenters. The maximum absolute atomic E-state index is 11.7. The van der Waals surface area contributed by atoms with Crippen LogP contribution in [-0.4, -0.2) is 34.3 Å². The number of carbonyl (C=O) groups is 2. The van der Waals surface area contributed by atoms with Crippen molar-refractivity contribution < 1.29 is 9.59 Å². The highest BCUT2D eigenvalue weighted by molar-refractivity contribution is 5.94. The van der Waals surface area contributed by atoms with Crippen molar-refractivity contribution in [2.24, 2.45) is 0 Å². The molecule has 1 atom stereocenters. The van der Waals surface area contributed by atoms with Crippen LogP contribution in [0.1, 0.15) is 18.1 Å².